The van der Waals surface area contributed by atoms with E-state index >= 15 is 0 Å². The van der Waals surface area contributed by atoms with E-state index < -0.39 is 17.9 Å². The topological polar surface area (TPSA) is 104 Å². The van der Waals surface area contributed by atoms with Crippen LogP contribution in [0.25, 0.3) is 0 Å². The molecule has 1 saturated heterocycles. The average Bonchev–Trinajstić information content (AvgIpc) is 2.76. The lowest BCUT2D eigenvalue weighted by molar-refractivity contribution is -0.125. The summed E-state index contributed by atoms with van der Waals surface area (Å²) in [5, 5.41) is 10.6. The third kappa shape index (κ3) is 1.85. The van der Waals surface area contributed by atoms with Gasteiger partial charge >= 0.3 is 0 Å². The average molecular weight is 208 g/mol. The lowest BCUT2D eigenvalue weighted by Crippen LogP contribution is -2.40. The molecule has 1 aliphatic rings. The Morgan fingerprint density at radius 1 is 1.53 bits per heavy atom. The highest BCUT2D eigenvalue weighted by Crippen LogP contribution is 2.03. The molecular formula is C8H8N4O3. The quantitative estimate of drug-likeness (QED) is 0.517. The van der Waals surface area contributed by atoms with Gasteiger partial charge < -0.3 is 5.32 Å². The van der Waals surface area contributed by atoms with E-state index in [1.165, 1.54) is 12.4 Å². The van der Waals surface area contributed by atoms with Crippen LogP contribution in [0, 0.1) is 0 Å². The summed E-state index contributed by atoms with van der Waals surface area (Å²) in [4.78, 5) is 33.4. The van der Waals surface area contributed by atoms with E-state index in [1.54, 1.807) is 0 Å². The molecule has 0 aliphatic carbocycles. The Hall–Kier alpha value is -2.18. The fourth-order valence-corrected chi connectivity index (χ4v) is 1.29. The van der Waals surface area contributed by atoms with Crippen LogP contribution in [0.1, 0.15) is 16.8 Å². The van der Waals surface area contributed by atoms with E-state index in [9.17, 15) is 14.4 Å². The van der Waals surface area contributed by atoms with Crippen molar-refractivity contribution >= 4 is 17.7 Å². The van der Waals surface area contributed by atoms with Gasteiger partial charge in [0.15, 0.2) is 0 Å². The molecule has 1 aromatic heterocycles. The summed E-state index contributed by atoms with van der Waals surface area (Å²) >= 11 is 0. The number of nitrogens with zero attached hydrogens (tertiary/aromatic N) is 1. The summed E-state index contributed by atoms with van der Waals surface area (Å²) in [6.07, 6.45) is 2.73. The molecule has 0 saturated carbocycles. The van der Waals surface area contributed by atoms with Crippen LogP contribution in [0.3, 0.4) is 0 Å². The second-order valence-electron chi connectivity index (χ2n) is 3.13. The summed E-state index contributed by atoms with van der Waals surface area (Å²) in [5.74, 6) is -1.28. The van der Waals surface area contributed by atoms with Crippen LogP contribution < -0.4 is 10.6 Å². The fraction of sp³-hybridized carbons (Fsp3) is 0.250. The van der Waals surface area contributed by atoms with Gasteiger partial charge in [-0.05, 0) is 0 Å². The summed E-state index contributed by atoms with van der Waals surface area (Å²) in [6, 6.07) is -0.778. The number of H-pyrrole nitrogens is 1. The highest BCUT2D eigenvalue weighted by molar-refractivity contribution is 6.08. The van der Waals surface area contributed by atoms with Crippen molar-refractivity contribution in [2.75, 3.05) is 0 Å². The Bertz CT molecular complexity index is 412. The standard InChI is InChI=1S/C8H8N4O3/c13-6-1-5(8(15)12-6)11-7(14)4-2-9-10-3-4/h2-3,5H,1H2,(H,9,10)(H,11,14)(H,12,13,15). The molecule has 0 bridgehead atoms. The maximum atomic E-state index is 11.5. The molecule has 0 aromatic carbocycles. The number of hydrogen-bond acceptors (Lipinski definition) is 4. The highest BCUT2D eigenvalue weighted by Gasteiger charge is 2.31. The molecule has 1 aliphatic heterocycles. The minimum absolute atomic E-state index is 0.0115. The molecule has 1 unspecified atom stereocenters. The van der Waals surface area contributed by atoms with Gasteiger partial charge in [-0.1, -0.05) is 0 Å². The van der Waals surface area contributed by atoms with Crippen molar-refractivity contribution in [2.24, 2.45) is 0 Å². The monoisotopic (exact) mass is 208 g/mol. The first kappa shape index (κ1) is 9.38. The zero-order valence-corrected chi connectivity index (χ0v) is 7.61. The van der Waals surface area contributed by atoms with Crippen LogP contribution in [-0.2, 0) is 9.59 Å². The molecular weight excluding hydrogens is 200 g/mol. The fourth-order valence-electron chi connectivity index (χ4n) is 1.29. The first-order chi connectivity index (χ1) is 7.16. The van der Waals surface area contributed by atoms with Gasteiger partial charge in [0, 0.05) is 6.20 Å². The van der Waals surface area contributed by atoms with Crippen LogP contribution in [0.15, 0.2) is 12.4 Å². The predicted octanol–water partition coefficient (Wildman–Crippen LogP) is -1.45. The van der Waals surface area contributed by atoms with E-state index in [0.29, 0.717) is 5.56 Å². The van der Waals surface area contributed by atoms with Crippen molar-refractivity contribution in [3.63, 3.8) is 0 Å². The van der Waals surface area contributed by atoms with Gasteiger partial charge in [0.05, 0.1) is 18.2 Å². The molecule has 78 valence electrons. The molecule has 1 atom stereocenters. The first-order valence-corrected chi connectivity index (χ1v) is 4.30. The number of carbonyl (C=O) groups is 3. The van der Waals surface area contributed by atoms with Gasteiger partial charge in [0.25, 0.3) is 5.91 Å². The number of hydrogen-bond donors (Lipinski definition) is 3. The molecule has 2 rings (SSSR count). The highest BCUT2D eigenvalue weighted by atomic mass is 16.2. The van der Waals surface area contributed by atoms with Crippen LogP contribution >= 0.6 is 0 Å². The van der Waals surface area contributed by atoms with Crippen LogP contribution in [0.2, 0.25) is 0 Å². The molecule has 1 aromatic rings. The summed E-state index contributed by atoms with van der Waals surface area (Å²) in [7, 11) is 0. The van der Waals surface area contributed by atoms with Gasteiger partial charge in [0.2, 0.25) is 11.8 Å². The largest absolute Gasteiger partial charge is 0.340 e. The Morgan fingerprint density at radius 3 is 2.87 bits per heavy atom. The Balaban J connectivity index is 2.01. The predicted molar refractivity (Wildman–Crippen MR) is 47.6 cm³/mol. The van der Waals surface area contributed by atoms with Gasteiger partial charge in [0.1, 0.15) is 6.04 Å². The van der Waals surface area contributed by atoms with E-state index in [2.05, 4.69) is 20.8 Å². The number of imide groups is 1. The van der Waals surface area contributed by atoms with E-state index in [-0.39, 0.29) is 12.3 Å². The number of carbonyl (C=O) groups excluding carboxylic acids is 3. The second-order valence-corrected chi connectivity index (χ2v) is 3.13. The van der Waals surface area contributed by atoms with Crippen LogP contribution in [0.5, 0.6) is 0 Å². The maximum absolute atomic E-state index is 11.5. The SMILES string of the molecule is O=C1CC(NC(=O)c2cn[nH]c2)C(=O)N1. The number of rotatable bonds is 2. The first-order valence-electron chi connectivity index (χ1n) is 4.30. The van der Waals surface area contributed by atoms with Gasteiger partial charge in [-0.2, -0.15) is 5.10 Å². The van der Waals surface area contributed by atoms with E-state index in [0.717, 1.165) is 0 Å². The van der Waals surface area contributed by atoms with Crippen molar-refractivity contribution in [1.82, 2.24) is 20.8 Å². The molecule has 1 fully saturated rings. The smallest absolute Gasteiger partial charge is 0.255 e. The Labute approximate surface area is 84.2 Å². The van der Waals surface area contributed by atoms with E-state index in [1.807, 2.05) is 0 Å². The van der Waals surface area contributed by atoms with Crippen molar-refractivity contribution in [3.05, 3.63) is 18.0 Å². The molecule has 0 radical (unpaired) electrons. The van der Waals surface area contributed by atoms with Gasteiger partial charge in [-0.15, -0.1) is 0 Å². The zero-order chi connectivity index (χ0) is 10.8. The minimum atomic E-state index is -0.778. The van der Waals surface area contributed by atoms with Crippen LogP contribution in [-0.4, -0.2) is 34.0 Å². The number of aromatic nitrogens is 2. The van der Waals surface area contributed by atoms with Crippen molar-refractivity contribution in [1.29, 1.82) is 0 Å². The minimum Gasteiger partial charge on any atom is -0.340 e. The third-order valence-corrected chi connectivity index (χ3v) is 2.03. The number of aromatic amines is 1. The third-order valence-electron chi connectivity index (χ3n) is 2.03. The second kappa shape index (κ2) is 3.52. The zero-order valence-electron chi connectivity index (χ0n) is 7.61. The molecule has 7 heteroatoms. The summed E-state index contributed by atoms with van der Waals surface area (Å²) in [6.45, 7) is 0. The number of nitrogens with one attached hydrogen (secondary N) is 3. The van der Waals surface area contributed by atoms with Gasteiger partial charge in [-0.3, -0.25) is 24.8 Å². The van der Waals surface area contributed by atoms with Gasteiger partial charge in [-0.25, -0.2) is 0 Å². The Morgan fingerprint density at radius 2 is 2.33 bits per heavy atom. The van der Waals surface area contributed by atoms with Crippen LogP contribution in [0.4, 0.5) is 0 Å². The summed E-state index contributed by atoms with van der Waals surface area (Å²) < 4.78 is 0. The molecule has 15 heavy (non-hydrogen) atoms. The number of amides is 3. The molecule has 3 N–H and O–H groups in total. The molecule has 0 spiro atoms. The maximum Gasteiger partial charge on any atom is 0.255 e. The lowest BCUT2D eigenvalue weighted by Gasteiger charge is -2.06. The van der Waals surface area contributed by atoms with Crippen molar-refractivity contribution < 1.29 is 14.4 Å². The normalized spacial score (nSPS) is 20.1. The van der Waals surface area contributed by atoms with E-state index in [4.69, 9.17) is 0 Å². The molecule has 2 heterocycles. The Kier molecular flexibility index (Phi) is 2.20. The summed E-state index contributed by atoms with van der Waals surface area (Å²) in [5.41, 5.74) is 0.321. The molecule has 7 nitrogen and oxygen atoms in total. The van der Waals surface area contributed by atoms with Crippen molar-refractivity contribution in [2.45, 2.75) is 12.5 Å². The molecule has 3 amide bonds. The lowest BCUT2D eigenvalue weighted by atomic mass is 10.2. The van der Waals surface area contributed by atoms with Crippen molar-refractivity contribution in [3.8, 4) is 0 Å².